The molecule has 0 aromatic heterocycles. The Kier molecular flexibility index (Phi) is 3.85. The smallest absolute Gasteiger partial charge is 0.339 e. The van der Waals surface area contributed by atoms with Gasteiger partial charge in [0, 0.05) is 6.07 Å². The quantitative estimate of drug-likeness (QED) is 0.877. The van der Waals surface area contributed by atoms with Gasteiger partial charge >= 0.3 is 10.1 Å². The van der Waals surface area contributed by atoms with Crippen molar-refractivity contribution in [1.82, 2.24) is 0 Å². The van der Waals surface area contributed by atoms with Crippen molar-refractivity contribution in [3.63, 3.8) is 0 Å². The van der Waals surface area contributed by atoms with Gasteiger partial charge in [0.1, 0.15) is 10.6 Å². The molecule has 5 nitrogen and oxygen atoms in total. The van der Waals surface area contributed by atoms with Gasteiger partial charge in [-0.15, -0.1) is 0 Å². The molecule has 1 N–H and O–H groups in total. The molecular weight excluding hydrogens is 280 g/mol. The van der Waals surface area contributed by atoms with Crippen molar-refractivity contribution < 1.29 is 22.4 Å². The Hall–Kier alpha value is -2.21. The predicted molar refractivity (Wildman–Crippen MR) is 73.7 cm³/mol. The van der Waals surface area contributed by atoms with Gasteiger partial charge in [0.25, 0.3) is 0 Å². The van der Waals surface area contributed by atoms with E-state index in [1.54, 1.807) is 12.1 Å². The number of methoxy groups -OCH3 is 1. The summed E-state index contributed by atoms with van der Waals surface area (Å²) in [5.74, 6) is 0.120. The lowest BCUT2D eigenvalue weighted by Gasteiger charge is -2.09. The molecule has 2 aromatic carbocycles. The van der Waals surface area contributed by atoms with Gasteiger partial charge in [-0.05, 0) is 31.2 Å². The molecule has 0 unspecified atom stereocenters. The fraction of sp³-hybridized carbons (Fsp3) is 0.143. The highest BCUT2D eigenvalue weighted by molar-refractivity contribution is 7.87. The molecule has 0 atom stereocenters. The molecule has 0 saturated carbocycles. The standard InChI is InChI=1S/C14H14O5S/c1-10-3-6-12(7-4-10)20(16,17)19-11-5-8-13(15)14(9-11)18-2/h3-9,15H,1-2H3. The summed E-state index contributed by atoms with van der Waals surface area (Å²) in [5, 5.41) is 9.45. The van der Waals surface area contributed by atoms with Gasteiger partial charge in [0.05, 0.1) is 7.11 Å². The summed E-state index contributed by atoms with van der Waals surface area (Å²) in [6.07, 6.45) is 0. The minimum atomic E-state index is -3.91. The zero-order chi connectivity index (χ0) is 14.8. The van der Waals surface area contributed by atoms with Crippen molar-refractivity contribution in [2.45, 2.75) is 11.8 Å². The van der Waals surface area contributed by atoms with Crippen molar-refractivity contribution in [2.75, 3.05) is 7.11 Å². The Morgan fingerprint density at radius 3 is 2.30 bits per heavy atom. The van der Waals surface area contributed by atoms with E-state index in [4.69, 9.17) is 8.92 Å². The Morgan fingerprint density at radius 2 is 1.70 bits per heavy atom. The van der Waals surface area contributed by atoms with E-state index < -0.39 is 10.1 Å². The summed E-state index contributed by atoms with van der Waals surface area (Å²) in [6.45, 7) is 1.86. The molecule has 0 fully saturated rings. The zero-order valence-corrected chi connectivity index (χ0v) is 11.8. The third-order valence-electron chi connectivity index (χ3n) is 2.67. The molecule has 6 heteroatoms. The van der Waals surface area contributed by atoms with Crippen molar-refractivity contribution in [3.05, 3.63) is 48.0 Å². The first kappa shape index (κ1) is 14.2. The Bertz CT molecular complexity index is 705. The Labute approximate surface area is 117 Å². The van der Waals surface area contributed by atoms with Crippen molar-refractivity contribution in [3.8, 4) is 17.2 Å². The first-order chi connectivity index (χ1) is 9.42. The van der Waals surface area contributed by atoms with E-state index in [1.807, 2.05) is 6.92 Å². The first-order valence-electron chi connectivity index (χ1n) is 5.80. The van der Waals surface area contributed by atoms with Crippen LogP contribution in [-0.4, -0.2) is 20.6 Å². The lowest BCUT2D eigenvalue weighted by Crippen LogP contribution is -2.09. The number of hydrogen-bond donors (Lipinski definition) is 1. The number of benzene rings is 2. The van der Waals surface area contributed by atoms with E-state index >= 15 is 0 Å². The maximum Gasteiger partial charge on any atom is 0.339 e. The Morgan fingerprint density at radius 1 is 1.05 bits per heavy atom. The van der Waals surface area contributed by atoms with E-state index in [2.05, 4.69) is 0 Å². The zero-order valence-electron chi connectivity index (χ0n) is 11.0. The van der Waals surface area contributed by atoms with Crippen LogP contribution >= 0.6 is 0 Å². The molecule has 0 aliphatic carbocycles. The highest BCUT2D eigenvalue weighted by Gasteiger charge is 2.17. The molecule has 0 aliphatic rings. The predicted octanol–water partition coefficient (Wildman–Crippen LogP) is 2.48. The molecule has 0 spiro atoms. The number of phenolic OH excluding ortho intramolecular Hbond substituents is 1. The summed E-state index contributed by atoms with van der Waals surface area (Å²) in [6, 6.07) is 10.3. The van der Waals surface area contributed by atoms with Gasteiger partial charge < -0.3 is 14.0 Å². The van der Waals surface area contributed by atoms with Crippen LogP contribution in [0.5, 0.6) is 17.2 Å². The number of aromatic hydroxyl groups is 1. The van der Waals surface area contributed by atoms with E-state index in [-0.39, 0.29) is 22.1 Å². The fourth-order valence-electron chi connectivity index (χ4n) is 1.59. The van der Waals surface area contributed by atoms with Gasteiger partial charge in [-0.1, -0.05) is 17.7 Å². The van der Waals surface area contributed by atoms with Gasteiger partial charge in [0.2, 0.25) is 0 Å². The molecule has 106 valence electrons. The van der Waals surface area contributed by atoms with Crippen LogP contribution in [0, 0.1) is 6.92 Å². The SMILES string of the molecule is COc1cc(OS(=O)(=O)c2ccc(C)cc2)ccc1O. The molecule has 0 saturated heterocycles. The van der Waals surface area contributed by atoms with E-state index in [1.165, 1.54) is 37.4 Å². The largest absolute Gasteiger partial charge is 0.504 e. The van der Waals surface area contributed by atoms with Gasteiger partial charge in [-0.2, -0.15) is 8.42 Å². The summed E-state index contributed by atoms with van der Waals surface area (Å²) in [4.78, 5) is 0.0649. The maximum absolute atomic E-state index is 12.1. The van der Waals surface area contributed by atoms with Crippen LogP contribution < -0.4 is 8.92 Å². The monoisotopic (exact) mass is 294 g/mol. The minimum absolute atomic E-state index is 0.0649. The van der Waals surface area contributed by atoms with E-state index in [9.17, 15) is 13.5 Å². The molecule has 2 aromatic rings. The minimum Gasteiger partial charge on any atom is -0.504 e. The number of rotatable bonds is 4. The second kappa shape index (κ2) is 5.42. The number of phenols is 1. The summed E-state index contributed by atoms with van der Waals surface area (Å²) in [5.41, 5.74) is 0.954. The molecule has 20 heavy (non-hydrogen) atoms. The second-order valence-electron chi connectivity index (χ2n) is 4.18. The van der Waals surface area contributed by atoms with E-state index in [0.29, 0.717) is 0 Å². The third kappa shape index (κ3) is 3.03. The van der Waals surface area contributed by atoms with Gasteiger partial charge in [-0.3, -0.25) is 0 Å². The van der Waals surface area contributed by atoms with Crippen molar-refractivity contribution in [1.29, 1.82) is 0 Å². The Balaban J connectivity index is 2.30. The van der Waals surface area contributed by atoms with Crippen LogP contribution in [0.4, 0.5) is 0 Å². The fourth-order valence-corrected chi connectivity index (χ4v) is 2.51. The normalized spacial score (nSPS) is 11.1. The van der Waals surface area contributed by atoms with Crippen LogP contribution in [0.3, 0.4) is 0 Å². The molecule has 0 radical (unpaired) electrons. The number of aryl methyl sites for hydroxylation is 1. The van der Waals surface area contributed by atoms with Crippen LogP contribution in [0.1, 0.15) is 5.56 Å². The lowest BCUT2D eigenvalue weighted by atomic mass is 10.2. The molecule has 0 heterocycles. The van der Waals surface area contributed by atoms with Gasteiger partial charge in [0.15, 0.2) is 11.5 Å². The molecule has 0 aliphatic heterocycles. The third-order valence-corrected chi connectivity index (χ3v) is 3.93. The summed E-state index contributed by atoms with van der Waals surface area (Å²) in [7, 11) is -2.54. The molecule has 0 bridgehead atoms. The van der Waals surface area contributed by atoms with Crippen LogP contribution in [-0.2, 0) is 10.1 Å². The highest BCUT2D eigenvalue weighted by Crippen LogP contribution is 2.31. The number of ether oxygens (including phenoxy) is 1. The van der Waals surface area contributed by atoms with Crippen LogP contribution in [0.25, 0.3) is 0 Å². The highest BCUT2D eigenvalue weighted by atomic mass is 32.2. The van der Waals surface area contributed by atoms with Crippen LogP contribution in [0.15, 0.2) is 47.4 Å². The molecule has 2 rings (SSSR count). The van der Waals surface area contributed by atoms with Crippen molar-refractivity contribution in [2.24, 2.45) is 0 Å². The topological polar surface area (TPSA) is 72.8 Å². The average Bonchev–Trinajstić information content (AvgIpc) is 2.41. The lowest BCUT2D eigenvalue weighted by molar-refractivity contribution is 0.371. The first-order valence-corrected chi connectivity index (χ1v) is 7.21. The summed E-state index contributed by atoms with van der Waals surface area (Å²) < 4.78 is 34.0. The van der Waals surface area contributed by atoms with Gasteiger partial charge in [-0.25, -0.2) is 0 Å². The second-order valence-corrected chi connectivity index (χ2v) is 5.73. The maximum atomic E-state index is 12.1. The summed E-state index contributed by atoms with van der Waals surface area (Å²) >= 11 is 0. The van der Waals surface area contributed by atoms with Crippen molar-refractivity contribution >= 4 is 10.1 Å². The molecular formula is C14H14O5S. The van der Waals surface area contributed by atoms with E-state index in [0.717, 1.165) is 5.56 Å². The van der Waals surface area contributed by atoms with Crippen LogP contribution in [0.2, 0.25) is 0 Å². The number of hydrogen-bond acceptors (Lipinski definition) is 5. The average molecular weight is 294 g/mol. The molecule has 0 amide bonds.